The van der Waals surface area contributed by atoms with Gasteiger partial charge in [0.1, 0.15) is 0 Å². The molecule has 21 heavy (non-hydrogen) atoms. The van der Waals surface area contributed by atoms with Gasteiger partial charge in [-0.25, -0.2) is 0 Å². The van der Waals surface area contributed by atoms with Crippen LogP contribution in [0.1, 0.15) is 27.7 Å². The van der Waals surface area contributed by atoms with Crippen molar-refractivity contribution in [1.82, 2.24) is 0 Å². The van der Waals surface area contributed by atoms with E-state index in [0.717, 1.165) is 12.5 Å². The number of ether oxygens (including phenoxy) is 2. The SMILES string of the molecule is CC(C)OC[Si](C)(C)O[Si](C)(C)O[Si](C)(C)COC(C)C. The molecule has 0 saturated heterocycles. The van der Waals surface area contributed by atoms with Crippen LogP contribution in [0.15, 0.2) is 0 Å². The highest BCUT2D eigenvalue weighted by Crippen LogP contribution is 2.21. The molecule has 0 aliphatic rings. The van der Waals surface area contributed by atoms with Gasteiger partial charge in [0.2, 0.25) is 16.6 Å². The van der Waals surface area contributed by atoms with Crippen molar-refractivity contribution in [2.24, 2.45) is 0 Å². The summed E-state index contributed by atoms with van der Waals surface area (Å²) in [5, 5.41) is 0. The van der Waals surface area contributed by atoms with Crippen LogP contribution in [0.4, 0.5) is 0 Å². The summed E-state index contributed by atoms with van der Waals surface area (Å²) < 4.78 is 24.4. The predicted octanol–water partition coefficient (Wildman–Crippen LogP) is 4.06. The molecule has 0 unspecified atom stereocenters. The minimum absolute atomic E-state index is 0.247. The first kappa shape index (κ1) is 21.5. The third-order valence-corrected chi connectivity index (χ3v) is 12.6. The molecule has 0 amide bonds. The zero-order valence-electron chi connectivity index (χ0n) is 15.7. The normalized spacial score (nSPS) is 14.3. The average molecular weight is 353 g/mol. The highest BCUT2D eigenvalue weighted by molar-refractivity contribution is 6.87. The Morgan fingerprint density at radius 3 is 1.14 bits per heavy atom. The zero-order chi connectivity index (χ0) is 16.9. The fourth-order valence-corrected chi connectivity index (χ4v) is 15.3. The van der Waals surface area contributed by atoms with Gasteiger partial charge in [-0.1, -0.05) is 0 Å². The van der Waals surface area contributed by atoms with Crippen LogP contribution in [0.25, 0.3) is 0 Å². The first-order valence-electron chi connectivity index (χ1n) is 7.88. The van der Waals surface area contributed by atoms with Crippen LogP contribution in [-0.4, -0.2) is 49.9 Å². The van der Waals surface area contributed by atoms with Crippen LogP contribution in [0.2, 0.25) is 39.3 Å². The fourth-order valence-electron chi connectivity index (χ4n) is 2.15. The van der Waals surface area contributed by atoms with Gasteiger partial charge in [-0.2, -0.15) is 0 Å². The summed E-state index contributed by atoms with van der Waals surface area (Å²) in [7, 11) is -5.85. The van der Waals surface area contributed by atoms with Crippen LogP contribution in [-0.2, 0) is 17.7 Å². The Bertz CT molecular complexity index is 277. The molecule has 0 aliphatic heterocycles. The lowest BCUT2D eigenvalue weighted by Crippen LogP contribution is -2.55. The molecule has 0 aromatic rings. The van der Waals surface area contributed by atoms with E-state index in [1.807, 2.05) is 0 Å². The minimum Gasteiger partial charge on any atom is -0.435 e. The third kappa shape index (κ3) is 11.7. The third-order valence-electron chi connectivity index (χ3n) is 2.57. The predicted molar refractivity (Wildman–Crippen MR) is 96.8 cm³/mol. The van der Waals surface area contributed by atoms with Crippen LogP contribution in [0, 0.1) is 0 Å². The smallest absolute Gasteiger partial charge is 0.311 e. The minimum atomic E-state index is -2.15. The van der Waals surface area contributed by atoms with E-state index in [1.165, 1.54) is 0 Å². The molecule has 0 aromatic heterocycles. The quantitative estimate of drug-likeness (QED) is 0.556. The van der Waals surface area contributed by atoms with E-state index >= 15 is 0 Å². The monoisotopic (exact) mass is 352 g/mol. The van der Waals surface area contributed by atoms with Crippen molar-refractivity contribution in [1.29, 1.82) is 0 Å². The Morgan fingerprint density at radius 1 is 0.619 bits per heavy atom. The Hall–Kier alpha value is 0.491. The Balaban J connectivity index is 4.52. The summed E-state index contributed by atoms with van der Waals surface area (Å²) in [5.74, 6) is 0. The number of rotatable bonds is 10. The molecule has 0 atom stereocenters. The first-order valence-corrected chi connectivity index (χ1v) is 16.9. The lowest BCUT2D eigenvalue weighted by Gasteiger charge is -2.38. The molecule has 7 heteroatoms. The first-order chi connectivity index (χ1) is 9.25. The topological polar surface area (TPSA) is 36.9 Å². The number of hydrogen-bond acceptors (Lipinski definition) is 4. The van der Waals surface area contributed by atoms with E-state index in [1.54, 1.807) is 0 Å². The summed E-state index contributed by atoms with van der Waals surface area (Å²) in [5.41, 5.74) is 0. The van der Waals surface area contributed by atoms with Gasteiger partial charge in [0.25, 0.3) is 0 Å². The van der Waals surface area contributed by atoms with Gasteiger partial charge < -0.3 is 17.7 Å². The molecular formula is C14H36O4Si3. The molecule has 0 saturated carbocycles. The van der Waals surface area contributed by atoms with Crippen molar-refractivity contribution in [3.8, 4) is 0 Å². The van der Waals surface area contributed by atoms with E-state index in [4.69, 9.17) is 17.7 Å². The lowest BCUT2D eigenvalue weighted by atomic mass is 10.5. The Labute approximate surface area is 135 Å². The average Bonchev–Trinajstić information content (AvgIpc) is 2.21. The van der Waals surface area contributed by atoms with E-state index < -0.39 is 25.2 Å². The van der Waals surface area contributed by atoms with E-state index in [9.17, 15) is 0 Å². The van der Waals surface area contributed by atoms with Crippen molar-refractivity contribution in [2.45, 2.75) is 79.2 Å². The maximum absolute atomic E-state index is 6.43. The van der Waals surface area contributed by atoms with Crippen molar-refractivity contribution in [3.63, 3.8) is 0 Å². The van der Waals surface area contributed by atoms with Gasteiger partial charge in [-0.05, 0) is 67.0 Å². The molecule has 0 bridgehead atoms. The van der Waals surface area contributed by atoms with Crippen molar-refractivity contribution in [2.75, 3.05) is 12.5 Å². The van der Waals surface area contributed by atoms with Crippen LogP contribution >= 0.6 is 0 Å². The van der Waals surface area contributed by atoms with Gasteiger partial charge in [0.05, 0.1) is 24.7 Å². The molecule has 0 heterocycles. The lowest BCUT2D eigenvalue weighted by molar-refractivity contribution is 0.101. The second-order valence-electron chi connectivity index (χ2n) is 7.84. The second-order valence-corrected chi connectivity index (χ2v) is 19.9. The van der Waals surface area contributed by atoms with Gasteiger partial charge in [0, 0.05) is 0 Å². The Morgan fingerprint density at radius 2 is 0.905 bits per heavy atom. The zero-order valence-corrected chi connectivity index (χ0v) is 18.7. The van der Waals surface area contributed by atoms with Gasteiger partial charge in [-0.15, -0.1) is 0 Å². The summed E-state index contributed by atoms with van der Waals surface area (Å²) in [6.07, 6.45) is 1.93. The highest BCUT2D eigenvalue weighted by atomic mass is 28.5. The molecule has 0 aromatic carbocycles. The molecule has 0 N–H and O–H groups in total. The standard InChI is InChI=1S/C14H36O4Si3/c1-13(2)15-11-19(5,6)17-21(9,10)18-20(7,8)12-16-14(3)4/h13-14H,11-12H2,1-10H3. The van der Waals surface area contributed by atoms with Crippen LogP contribution in [0.5, 0.6) is 0 Å². The fraction of sp³-hybridized carbons (Fsp3) is 1.00. The molecule has 4 nitrogen and oxygen atoms in total. The van der Waals surface area contributed by atoms with E-state index in [-0.39, 0.29) is 12.2 Å². The van der Waals surface area contributed by atoms with Crippen molar-refractivity contribution >= 4 is 25.2 Å². The molecule has 128 valence electrons. The van der Waals surface area contributed by atoms with Gasteiger partial charge in [0.15, 0.2) is 0 Å². The Kier molecular flexibility index (Phi) is 8.57. The van der Waals surface area contributed by atoms with E-state index in [2.05, 4.69) is 67.0 Å². The second kappa shape index (κ2) is 8.37. The van der Waals surface area contributed by atoms with Crippen LogP contribution < -0.4 is 0 Å². The largest absolute Gasteiger partial charge is 0.435 e. The maximum atomic E-state index is 6.43. The van der Waals surface area contributed by atoms with Gasteiger partial charge >= 0.3 is 8.56 Å². The van der Waals surface area contributed by atoms with Gasteiger partial charge in [-0.3, -0.25) is 0 Å². The summed E-state index contributed by atoms with van der Waals surface area (Å²) in [4.78, 5) is 0. The van der Waals surface area contributed by atoms with Crippen molar-refractivity contribution in [3.05, 3.63) is 0 Å². The maximum Gasteiger partial charge on any atom is 0.311 e. The number of hydrogen-bond donors (Lipinski definition) is 0. The molecule has 0 spiro atoms. The molecular weight excluding hydrogens is 316 g/mol. The summed E-state index contributed by atoms with van der Waals surface area (Å²) >= 11 is 0. The van der Waals surface area contributed by atoms with Crippen LogP contribution in [0.3, 0.4) is 0 Å². The molecule has 0 rings (SSSR count). The molecule has 0 radical (unpaired) electrons. The highest BCUT2D eigenvalue weighted by Gasteiger charge is 2.40. The summed E-state index contributed by atoms with van der Waals surface area (Å²) in [6, 6.07) is 0. The van der Waals surface area contributed by atoms with E-state index in [0.29, 0.717) is 0 Å². The van der Waals surface area contributed by atoms with Crippen molar-refractivity contribution < 1.29 is 17.7 Å². The molecule has 0 fully saturated rings. The summed E-state index contributed by atoms with van der Waals surface area (Å²) in [6.45, 7) is 21.3. The molecule has 0 aliphatic carbocycles.